The number of amides is 2. The second-order valence-electron chi connectivity index (χ2n) is 4.19. The number of nitrogens with two attached hydrogens (primary N) is 1. The zero-order valence-electron chi connectivity index (χ0n) is 11.2. The number of anilines is 1. The first kappa shape index (κ1) is 16.2. The molecule has 6 N–H and O–H groups in total. The highest BCUT2D eigenvalue weighted by Crippen LogP contribution is 2.09. The summed E-state index contributed by atoms with van der Waals surface area (Å²) in [5.74, 6) is 0. The molecule has 112 valence electrons. The summed E-state index contributed by atoms with van der Waals surface area (Å²) in [6, 6.07) is 6.35. The van der Waals surface area contributed by atoms with E-state index in [2.05, 4.69) is 5.32 Å². The van der Waals surface area contributed by atoms with E-state index in [0.29, 0.717) is 18.8 Å². The van der Waals surface area contributed by atoms with Crippen LogP contribution >= 0.6 is 0 Å². The van der Waals surface area contributed by atoms with Gasteiger partial charge in [0.1, 0.15) is 0 Å². The predicted octanol–water partition coefficient (Wildman–Crippen LogP) is -0.120. The van der Waals surface area contributed by atoms with Gasteiger partial charge in [0.15, 0.2) is 0 Å². The Hall–Kier alpha value is -1.87. The van der Waals surface area contributed by atoms with E-state index in [-0.39, 0.29) is 6.61 Å². The number of hydrogen-bond donors (Lipinski definition) is 5. The number of carbonyl (C=O) groups is 1. The summed E-state index contributed by atoms with van der Waals surface area (Å²) in [5, 5.41) is 20.9. The molecule has 8 nitrogen and oxygen atoms in total. The van der Waals surface area contributed by atoms with Crippen molar-refractivity contribution in [2.24, 2.45) is 5.73 Å². The van der Waals surface area contributed by atoms with Crippen LogP contribution in [0.15, 0.2) is 24.3 Å². The van der Waals surface area contributed by atoms with Gasteiger partial charge in [-0.05, 0) is 17.7 Å². The Morgan fingerprint density at radius 1 is 1.45 bits per heavy atom. The van der Waals surface area contributed by atoms with Gasteiger partial charge in [0.05, 0.1) is 12.3 Å². The molecule has 8 heteroatoms. The number of nitrogens with zero attached hydrogens (tertiary/aromatic N) is 1. The van der Waals surface area contributed by atoms with Gasteiger partial charge in [-0.1, -0.05) is 12.1 Å². The molecule has 1 unspecified atom stereocenters. The van der Waals surface area contributed by atoms with Crippen molar-refractivity contribution in [1.29, 1.82) is 0 Å². The molecule has 0 fully saturated rings. The number of nitrogens with one attached hydrogen (secondary N) is 2. The van der Waals surface area contributed by atoms with E-state index in [1.807, 2.05) is 5.48 Å². The maximum absolute atomic E-state index is 10.7. The van der Waals surface area contributed by atoms with Crippen molar-refractivity contribution in [2.45, 2.75) is 13.0 Å². The first-order valence-electron chi connectivity index (χ1n) is 6.05. The van der Waals surface area contributed by atoms with Crippen LogP contribution in [0.4, 0.5) is 10.5 Å². The third-order valence-electron chi connectivity index (χ3n) is 2.63. The van der Waals surface area contributed by atoms with Crippen LogP contribution in [0.1, 0.15) is 5.56 Å². The second-order valence-corrected chi connectivity index (χ2v) is 4.19. The van der Waals surface area contributed by atoms with Gasteiger partial charge in [-0.15, -0.1) is 0 Å². The topological polar surface area (TPSA) is 120 Å². The first-order valence-corrected chi connectivity index (χ1v) is 6.05. The molecule has 0 aliphatic carbocycles. The van der Waals surface area contributed by atoms with Crippen LogP contribution in [0.25, 0.3) is 0 Å². The van der Waals surface area contributed by atoms with E-state index in [0.717, 1.165) is 5.56 Å². The number of benzene rings is 1. The lowest BCUT2D eigenvalue weighted by Crippen LogP contribution is -2.40. The van der Waals surface area contributed by atoms with Crippen molar-refractivity contribution in [2.75, 3.05) is 25.6 Å². The van der Waals surface area contributed by atoms with Crippen molar-refractivity contribution in [3.05, 3.63) is 29.8 Å². The highest BCUT2D eigenvalue weighted by molar-refractivity contribution is 5.71. The second kappa shape index (κ2) is 8.33. The van der Waals surface area contributed by atoms with Crippen molar-refractivity contribution in [3.63, 3.8) is 0 Å². The van der Waals surface area contributed by atoms with Crippen LogP contribution in [0, 0.1) is 0 Å². The quantitative estimate of drug-likeness (QED) is 0.335. The molecule has 1 rings (SSSR count). The average molecular weight is 284 g/mol. The highest BCUT2D eigenvalue weighted by atomic mass is 16.6. The largest absolute Gasteiger partial charge is 0.356 e. The van der Waals surface area contributed by atoms with Crippen molar-refractivity contribution < 1.29 is 19.8 Å². The van der Waals surface area contributed by atoms with E-state index in [4.69, 9.17) is 15.7 Å². The number of aliphatic hydroxyl groups excluding tert-OH is 1. The van der Waals surface area contributed by atoms with Crippen LogP contribution in [-0.2, 0) is 11.3 Å². The molecule has 1 aromatic carbocycles. The summed E-state index contributed by atoms with van der Waals surface area (Å²) >= 11 is 0. The molecule has 0 bridgehead atoms. The monoisotopic (exact) mass is 284 g/mol. The third-order valence-corrected chi connectivity index (χ3v) is 2.63. The number of urea groups is 1. The lowest BCUT2D eigenvalue weighted by atomic mass is 10.2. The number of aliphatic hydroxyl groups is 1. The SMILES string of the molecule is CN(CCNC(O)OCc1ccc(NO)cc1)C(N)=O. The van der Waals surface area contributed by atoms with Gasteiger partial charge < -0.3 is 20.5 Å². The Morgan fingerprint density at radius 2 is 2.10 bits per heavy atom. The molecule has 0 radical (unpaired) electrons. The lowest BCUT2D eigenvalue weighted by molar-refractivity contribution is -0.128. The Morgan fingerprint density at radius 3 is 2.65 bits per heavy atom. The molecule has 0 heterocycles. The number of hydrogen-bond acceptors (Lipinski definition) is 6. The van der Waals surface area contributed by atoms with Gasteiger partial charge in [-0.3, -0.25) is 16.0 Å². The van der Waals surface area contributed by atoms with Crippen LogP contribution in [0.2, 0.25) is 0 Å². The number of carbonyl (C=O) groups excluding carboxylic acids is 1. The van der Waals surface area contributed by atoms with Crippen molar-refractivity contribution in [3.8, 4) is 0 Å². The fourth-order valence-corrected chi connectivity index (χ4v) is 1.38. The Balaban J connectivity index is 2.22. The maximum Gasteiger partial charge on any atom is 0.314 e. The van der Waals surface area contributed by atoms with Crippen LogP contribution in [0.3, 0.4) is 0 Å². The fraction of sp³-hybridized carbons (Fsp3) is 0.417. The van der Waals surface area contributed by atoms with Gasteiger partial charge in [0.25, 0.3) is 0 Å². The zero-order chi connectivity index (χ0) is 15.0. The fourth-order valence-electron chi connectivity index (χ4n) is 1.38. The van der Waals surface area contributed by atoms with Crippen molar-refractivity contribution >= 4 is 11.7 Å². The summed E-state index contributed by atoms with van der Waals surface area (Å²) in [6.07, 6.45) is -1.13. The molecule has 0 aliphatic heterocycles. The number of likely N-dealkylation sites (N-methyl/N-ethyl adjacent to an activating group) is 1. The molecule has 20 heavy (non-hydrogen) atoms. The van der Waals surface area contributed by atoms with Gasteiger partial charge in [0, 0.05) is 20.1 Å². The predicted molar refractivity (Wildman–Crippen MR) is 72.9 cm³/mol. The van der Waals surface area contributed by atoms with Crippen LogP contribution < -0.4 is 16.5 Å². The third kappa shape index (κ3) is 5.85. The van der Waals surface area contributed by atoms with Crippen molar-refractivity contribution in [1.82, 2.24) is 10.2 Å². The molecule has 1 aromatic rings. The lowest BCUT2D eigenvalue weighted by Gasteiger charge is -2.17. The van der Waals surface area contributed by atoms with Crippen LogP contribution in [0.5, 0.6) is 0 Å². The van der Waals surface area contributed by atoms with Crippen LogP contribution in [-0.4, -0.2) is 47.8 Å². The molecule has 1 atom stereocenters. The molecule has 0 aromatic heterocycles. The minimum absolute atomic E-state index is 0.214. The molecule has 0 aliphatic rings. The Bertz CT molecular complexity index is 412. The average Bonchev–Trinajstić information content (AvgIpc) is 2.45. The number of ether oxygens (including phenoxy) is 1. The molecular weight excluding hydrogens is 264 g/mol. The molecule has 0 spiro atoms. The van der Waals surface area contributed by atoms with Gasteiger partial charge in [-0.2, -0.15) is 0 Å². The minimum atomic E-state index is -1.13. The smallest absolute Gasteiger partial charge is 0.314 e. The molecule has 0 saturated heterocycles. The first-order chi connectivity index (χ1) is 9.52. The number of rotatable bonds is 8. The summed E-state index contributed by atoms with van der Waals surface area (Å²) < 4.78 is 5.17. The van der Waals surface area contributed by atoms with Gasteiger partial charge in [0.2, 0.25) is 6.41 Å². The summed E-state index contributed by atoms with van der Waals surface area (Å²) in [4.78, 5) is 12.1. The highest BCUT2D eigenvalue weighted by Gasteiger charge is 2.06. The Labute approximate surface area is 117 Å². The van der Waals surface area contributed by atoms with E-state index in [1.54, 1.807) is 31.3 Å². The van der Waals surface area contributed by atoms with E-state index in [1.165, 1.54) is 4.90 Å². The number of primary amides is 1. The summed E-state index contributed by atoms with van der Waals surface area (Å²) in [5.41, 5.74) is 8.49. The van der Waals surface area contributed by atoms with E-state index < -0.39 is 12.4 Å². The minimum Gasteiger partial charge on any atom is -0.356 e. The molecule has 0 saturated carbocycles. The molecular formula is C12H20N4O4. The standard InChI is InChI=1S/C12H20N4O4/c1-16(11(13)17)7-6-14-12(18)20-8-9-2-4-10(15-19)5-3-9/h2-5,12,14-15,18-19H,6-8H2,1H3,(H2,13,17). The summed E-state index contributed by atoms with van der Waals surface area (Å²) in [7, 11) is 1.56. The molecule has 2 amide bonds. The maximum atomic E-state index is 10.7. The van der Waals surface area contributed by atoms with E-state index in [9.17, 15) is 9.90 Å². The van der Waals surface area contributed by atoms with Gasteiger partial charge >= 0.3 is 6.03 Å². The van der Waals surface area contributed by atoms with E-state index >= 15 is 0 Å². The zero-order valence-corrected chi connectivity index (χ0v) is 11.2. The normalized spacial score (nSPS) is 11.9. The summed E-state index contributed by atoms with van der Waals surface area (Å²) in [6.45, 7) is 0.937. The Kier molecular flexibility index (Phi) is 6.74. The van der Waals surface area contributed by atoms with Gasteiger partial charge in [-0.25, -0.2) is 4.79 Å².